The summed E-state index contributed by atoms with van der Waals surface area (Å²) in [6.45, 7) is 2.29. The van der Waals surface area contributed by atoms with Crippen LogP contribution in [0.4, 0.5) is 4.39 Å². The molecule has 0 unspecified atom stereocenters. The van der Waals surface area contributed by atoms with Gasteiger partial charge in [0.15, 0.2) is 0 Å². The Bertz CT molecular complexity index is 638. The first-order valence-electron chi connectivity index (χ1n) is 7.07. The monoisotopic (exact) mass is 348 g/mol. The van der Waals surface area contributed by atoms with Crippen molar-refractivity contribution in [2.45, 2.75) is 25.8 Å². The first-order chi connectivity index (χ1) is 10.3. The summed E-state index contributed by atoms with van der Waals surface area (Å²) in [5.41, 5.74) is -0.128. The van der Waals surface area contributed by atoms with Crippen molar-refractivity contribution in [1.82, 2.24) is 9.62 Å². The molecule has 0 spiro atoms. The Balaban J connectivity index is 2.01. The van der Waals surface area contributed by atoms with Gasteiger partial charge < -0.3 is 4.90 Å². The number of hydrogen-bond donors (Lipinski definition) is 1. The topological polar surface area (TPSA) is 66.5 Å². The van der Waals surface area contributed by atoms with Crippen molar-refractivity contribution >= 4 is 27.5 Å². The van der Waals surface area contributed by atoms with Crippen molar-refractivity contribution in [1.29, 1.82) is 0 Å². The van der Waals surface area contributed by atoms with Gasteiger partial charge in [-0.3, -0.25) is 4.79 Å². The average Bonchev–Trinajstić information content (AvgIpc) is 2.47. The number of rotatable bonds is 4. The highest BCUT2D eigenvalue weighted by atomic mass is 35.5. The molecule has 0 radical (unpaired) electrons. The van der Waals surface area contributed by atoms with E-state index >= 15 is 0 Å². The van der Waals surface area contributed by atoms with Crippen LogP contribution in [0.3, 0.4) is 0 Å². The molecular formula is C14H18ClFN2O3S. The second kappa shape index (κ2) is 6.93. The number of likely N-dealkylation sites (tertiary alicyclic amines) is 1. The minimum absolute atomic E-state index is 0.0248. The van der Waals surface area contributed by atoms with Crippen LogP contribution >= 0.6 is 11.6 Å². The Kier molecular flexibility index (Phi) is 5.41. The second-order valence-corrected chi connectivity index (χ2v) is 7.63. The lowest BCUT2D eigenvalue weighted by molar-refractivity contribution is 0.0707. The fraction of sp³-hybridized carbons (Fsp3) is 0.500. The molecule has 1 saturated heterocycles. The maximum absolute atomic E-state index is 13.8. The normalized spacial score (nSPS) is 16.8. The molecule has 1 fully saturated rings. The van der Waals surface area contributed by atoms with Crippen molar-refractivity contribution in [2.24, 2.45) is 0 Å². The van der Waals surface area contributed by atoms with Gasteiger partial charge in [-0.2, -0.15) is 0 Å². The molecule has 0 aliphatic carbocycles. The van der Waals surface area contributed by atoms with Gasteiger partial charge in [-0.05, 0) is 31.9 Å². The van der Waals surface area contributed by atoms with E-state index in [0.717, 1.165) is 0 Å². The van der Waals surface area contributed by atoms with E-state index in [1.54, 1.807) is 6.92 Å². The van der Waals surface area contributed by atoms with Crippen LogP contribution in [0.15, 0.2) is 18.2 Å². The van der Waals surface area contributed by atoms with Crippen molar-refractivity contribution in [3.63, 3.8) is 0 Å². The molecular weight excluding hydrogens is 331 g/mol. The summed E-state index contributed by atoms with van der Waals surface area (Å²) in [4.78, 5) is 13.9. The van der Waals surface area contributed by atoms with Gasteiger partial charge >= 0.3 is 0 Å². The van der Waals surface area contributed by atoms with Gasteiger partial charge in [-0.25, -0.2) is 17.5 Å². The van der Waals surface area contributed by atoms with Gasteiger partial charge in [-0.1, -0.05) is 17.7 Å². The number of piperidine rings is 1. The summed E-state index contributed by atoms with van der Waals surface area (Å²) in [6, 6.07) is 3.92. The van der Waals surface area contributed by atoms with Crippen LogP contribution in [0.2, 0.25) is 5.02 Å². The van der Waals surface area contributed by atoms with Crippen molar-refractivity contribution in [3.05, 3.63) is 34.6 Å². The van der Waals surface area contributed by atoms with E-state index in [0.29, 0.717) is 25.9 Å². The minimum atomic E-state index is -3.26. The molecule has 0 saturated carbocycles. The number of benzene rings is 1. The summed E-state index contributed by atoms with van der Waals surface area (Å²) >= 11 is 5.90. The molecule has 1 N–H and O–H groups in total. The molecule has 1 aromatic rings. The average molecular weight is 349 g/mol. The van der Waals surface area contributed by atoms with Crippen molar-refractivity contribution in [3.8, 4) is 0 Å². The fourth-order valence-electron chi connectivity index (χ4n) is 2.40. The van der Waals surface area contributed by atoms with Crippen LogP contribution < -0.4 is 4.72 Å². The first kappa shape index (κ1) is 17.2. The van der Waals surface area contributed by atoms with E-state index in [1.807, 2.05) is 0 Å². The quantitative estimate of drug-likeness (QED) is 0.905. The Labute approximate surface area is 134 Å². The maximum atomic E-state index is 13.8. The molecule has 1 aliphatic heterocycles. The zero-order valence-corrected chi connectivity index (χ0v) is 13.8. The van der Waals surface area contributed by atoms with Crippen LogP contribution in [0.25, 0.3) is 0 Å². The number of halogens is 2. The van der Waals surface area contributed by atoms with Crippen molar-refractivity contribution in [2.75, 3.05) is 18.8 Å². The van der Waals surface area contributed by atoms with Crippen LogP contribution in [0.1, 0.15) is 30.1 Å². The van der Waals surface area contributed by atoms with Gasteiger partial charge in [0, 0.05) is 19.1 Å². The lowest BCUT2D eigenvalue weighted by atomic mass is 10.0. The summed E-state index contributed by atoms with van der Waals surface area (Å²) in [6.07, 6.45) is 0.994. The van der Waals surface area contributed by atoms with Gasteiger partial charge in [0.05, 0.1) is 16.3 Å². The molecule has 0 aromatic heterocycles. The van der Waals surface area contributed by atoms with E-state index in [1.165, 1.54) is 23.1 Å². The number of amides is 1. The molecule has 8 heteroatoms. The smallest absolute Gasteiger partial charge is 0.258 e. The molecule has 2 rings (SSSR count). The van der Waals surface area contributed by atoms with Crippen LogP contribution in [-0.4, -0.2) is 44.1 Å². The summed E-state index contributed by atoms with van der Waals surface area (Å²) in [7, 11) is -3.26. The van der Waals surface area contributed by atoms with Crippen LogP contribution in [0.5, 0.6) is 0 Å². The molecule has 1 amide bonds. The number of nitrogens with one attached hydrogen (secondary N) is 1. The van der Waals surface area contributed by atoms with Gasteiger partial charge in [0.2, 0.25) is 10.0 Å². The third kappa shape index (κ3) is 3.97. The number of nitrogens with zero attached hydrogens (tertiary/aromatic N) is 1. The van der Waals surface area contributed by atoms with E-state index in [9.17, 15) is 17.6 Å². The Hall–Kier alpha value is -1.18. The zero-order chi connectivity index (χ0) is 16.3. The third-order valence-electron chi connectivity index (χ3n) is 3.69. The SMILES string of the molecule is CCS(=O)(=O)NC1CCN(C(=O)c2c(F)cccc2Cl)CC1. The molecule has 0 bridgehead atoms. The Morgan fingerprint density at radius 2 is 2.05 bits per heavy atom. The zero-order valence-electron chi connectivity index (χ0n) is 12.2. The number of sulfonamides is 1. The first-order valence-corrected chi connectivity index (χ1v) is 9.10. The van der Waals surface area contributed by atoms with Crippen LogP contribution in [-0.2, 0) is 10.0 Å². The van der Waals surface area contributed by atoms with E-state index in [2.05, 4.69) is 4.72 Å². The lowest BCUT2D eigenvalue weighted by Crippen LogP contribution is -2.47. The van der Waals surface area contributed by atoms with E-state index in [-0.39, 0.29) is 22.4 Å². The molecule has 22 heavy (non-hydrogen) atoms. The highest BCUT2D eigenvalue weighted by molar-refractivity contribution is 7.89. The molecule has 1 heterocycles. The summed E-state index contributed by atoms with van der Waals surface area (Å²) in [5, 5.41) is 0.0822. The van der Waals surface area contributed by atoms with Gasteiger partial charge in [0.25, 0.3) is 5.91 Å². The van der Waals surface area contributed by atoms with E-state index in [4.69, 9.17) is 11.6 Å². The largest absolute Gasteiger partial charge is 0.338 e. The van der Waals surface area contributed by atoms with Crippen LogP contribution in [0, 0.1) is 5.82 Å². The Morgan fingerprint density at radius 3 is 2.59 bits per heavy atom. The standard InChI is InChI=1S/C14H18ClFN2O3S/c1-2-22(20,21)17-10-6-8-18(9-7-10)14(19)13-11(15)4-3-5-12(13)16/h3-5,10,17H,2,6-9H2,1H3. The molecule has 1 aliphatic rings. The molecule has 0 atom stereocenters. The number of carbonyl (C=O) groups excluding carboxylic acids is 1. The van der Waals surface area contributed by atoms with Gasteiger partial charge in [0.1, 0.15) is 5.82 Å². The Morgan fingerprint density at radius 1 is 1.41 bits per heavy atom. The predicted molar refractivity (Wildman–Crippen MR) is 82.9 cm³/mol. The van der Waals surface area contributed by atoms with Crippen molar-refractivity contribution < 1.29 is 17.6 Å². The molecule has 122 valence electrons. The summed E-state index contributed by atoms with van der Waals surface area (Å²) in [5.74, 6) is -1.08. The maximum Gasteiger partial charge on any atom is 0.258 e. The summed E-state index contributed by atoms with van der Waals surface area (Å²) < 4.78 is 39.4. The fourth-order valence-corrected chi connectivity index (χ4v) is 3.55. The third-order valence-corrected chi connectivity index (χ3v) is 5.45. The highest BCUT2D eigenvalue weighted by Gasteiger charge is 2.28. The van der Waals surface area contributed by atoms with Gasteiger partial charge in [-0.15, -0.1) is 0 Å². The molecule has 5 nitrogen and oxygen atoms in total. The minimum Gasteiger partial charge on any atom is -0.338 e. The second-order valence-electron chi connectivity index (χ2n) is 5.18. The number of carbonyl (C=O) groups is 1. The highest BCUT2D eigenvalue weighted by Crippen LogP contribution is 2.22. The molecule has 1 aromatic carbocycles. The predicted octanol–water partition coefficient (Wildman–Crippen LogP) is 2.02. The lowest BCUT2D eigenvalue weighted by Gasteiger charge is -2.32. The van der Waals surface area contributed by atoms with E-state index < -0.39 is 21.7 Å². The number of hydrogen-bond acceptors (Lipinski definition) is 3.